The van der Waals surface area contributed by atoms with Crippen LogP contribution in [0.25, 0.3) is 0 Å². The van der Waals surface area contributed by atoms with Gasteiger partial charge in [0.15, 0.2) is 14.9 Å². The van der Waals surface area contributed by atoms with Crippen LogP contribution in [0.1, 0.15) is 18.4 Å². The summed E-state index contributed by atoms with van der Waals surface area (Å²) in [5, 5.41) is 5.74. The minimum atomic E-state index is -3.41. The third kappa shape index (κ3) is 4.87. The van der Waals surface area contributed by atoms with Crippen molar-refractivity contribution in [3.05, 3.63) is 60.2 Å². The number of carbonyl (C=O) groups excluding carboxylic acids is 1. The molecule has 0 saturated heterocycles. The summed E-state index contributed by atoms with van der Waals surface area (Å²) in [5.74, 6) is -0.0407. The smallest absolute Gasteiger partial charge is 0.229 e. The first-order valence-corrected chi connectivity index (χ1v) is 9.99. The highest BCUT2D eigenvalue weighted by Gasteiger charge is 2.30. The Morgan fingerprint density at radius 3 is 2.28 bits per heavy atom. The number of nitrogens with one attached hydrogen (secondary N) is 2. The average molecular weight is 374 g/mol. The lowest BCUT2D eigenvalue weighted by atomic mass is 10.2. The Morgan fingerprint density at radius 1 is 1.04 bits per heavy atom. The monoisotopic (exact) mass is 374 g/mol. The van der Waals surface area contributed by atoms with Crippen molar-refractivity contribution in [2.24, 2.45) is 5.92 Å². The summed E-state index contributed by atoms with van der Waals surface area (Å²) in [7, 11) is -3.41. The van der Waals surface area contributed by atoms with Crippen molar-refractivity contribution < 1.29 is 13.2 Å². The van der Waals surface area contributed by atoms with Crippen LogP contribution < -0.4 is 10.6 Å². The summed E-state index contributed by atoms with van der Waals surface area (Å²) in [6.07, 6.45) is 1.81. The fourth-order valence-electron chi connectivity index (χ4n) is 2.34. The van der Waals surface area contributed by atoms with Crippen LogP contribution in [0.2, 0.25) is 0 Å². The summed E-state index contributed by atoms with van der Waals surface area (Å²) in [4.78, 5) is 11.9. The maximum absolute atomic E-state index is 12.5. The highest BCUT2D eigenvalue weighted by Crippen LogP contribution is 2.28. The minimum absolute atomic E-state index is 0.0452. The van der Waals surface area contributed by atoms with Gasteiger partial charge >= 0.3 is 0 Å². The van der Waals surface area contributed by atoms with Gasteiger partial charge in [-0.3, -0.25) is 4.79 Å². The molecule has 5 nitrogen and oxygen atoms in total. The second kappa shape index (κ2) is 7.33. The first kappa shape index (κ1) is 17.6. The van der Waals surface area contributed by atoms with Crippen molar-refractivity contribution in [3.63, 3.8) is 0 Å². The molecular formula is C18H18N2O3S2. The van der Waals surface area contributed by atoms with E-state index >= 15 is 0 Å². The Hall–Kier alpha value is -2.25. The Morgan fingerprint density at radius 2 is 1.68 bits per heavy atom. The zero-order valence-electron chi connectivity index (χ0n) is 13.4. The number of carbonyl (C=O) groups is 1. The molecule has 2 N–H and O–H groups in total. The van der Waals surface area contributed by atoms with E-state index in [-0.39, 0.29) is 27.6 Å². The van der Waals surface area contributed by atoms with E-state index in [1.54, 1.807) is 24.3 Å². The van der Waals surface area contributed by atoms with Crippen molar-refractivity contribution in [1.82, 2.24) is 5.32 Å². The van der Waals surface area contributed by atoms with Crippen molar-refractivity contribution in [2.45, 2.75) is 23.5 Å². The molecule has 1 fully saturated rings. The van der Waals surface area contributed by atoms with Gasteiger partial charge in [-0.05, 0) is 54.9 Å². The highest BCUT2D eigenvalue weighted by molar-refractivity contribution is 7.90. The van der Waals surface area contributed by atoms with Crippen molar-refractivity contribution in [2.75, 3.05) is 5.32 Å². The maximum Gasteiger partial charge on any atom is 0.229 e. The molecule has 130 valence electrons. The zero-order valence-corrected chi connectivity index (χ0v) is 15.1. The van der Waals surface area contributed by atoms with Crippen LogP contribution >= 0.6 is 12.2 Å². The molecule has 0 bridgehead atoms. The van der Waals surface area contributed by atoms with E-state index in [9.17, 15) is 13.2 Å². The van der Waals surface area contributed by atoms with Crippen LogP contribution in [0, 0.1) is 5.92 Å². The van der Waals surface area contributed by atoms with Crippen LogP contribution in [0.5, 0.6) is 0 Å². The fourth-order valence-corrected chi connectivity index (χ4v) is 3.91. The Balaban J connectivity index is 1.63. The van der Waals surface area contributed by atoms with E-state index in [4.69, 9.17) is 12.2 Å². The van der Waals surface area contributed by atoms with Crippen LogP contribution in [0.3, 0.4) is 0 Å². The summed E-state index contributed by atoms with van der Waals surface area (Å²) in [6, 6.07) is 15.4. The molecule has 0 atom stereocenters. The average Bonchev–Trinajstić information content (AvgIpc) is 3.40. The molecule has 0 heterocycles. The molecule has 25 heavy (non-hydrogen) atoms. The van der Waals surface area contributed by atoms with E-state index in [0.29, 0.717) is 5.69 Å². The van der Waals surface area contributed by atoms with Gasteiger partial charge in [-0.1, -0.05) is 30.3 Å². The number of hydrogen-bond acceptors (Lipinski definition) is 4. The third-order valence-corrected chi connectivity index (χ3v) is 5.76. The van der Waals surface area contributed by atoms with Gasteiger partial charge in [0.05, 0.1) is 10.6 Å². The molecule has 3 rings (SSSR count). The fraction of sp³-hybridized carbons (Fsp3) is 0.222. The maximum atomic E-state index is 12.5. The van der Waals surface area contributed by atoms with Gasteiger partial charge in [-0.15, -0.1) is 0 Å². The largest absolute Gasteiger partial charge is 0.332 e. The van der Waals surface area contributed by atoms with E-state index in [1.165, 1.54) is 12.1 Å². The third-order valence-electron chi connectivity index (χ3n) is 3.86. The number of amides is 1. The van der Waals surface area contributed by atoms with Crippen molar-refractivity contribution in [1.29, 1.82) is 0 Å². The van der Waals surface area contributed by atoms with Gasteiger partial charge in [0.25, 0.3) is 0 Å². The minimum Gasteiger partial charge on any atom is -0.332 e. The number of thiocarbonyl (C=S) groups is 1. The number of rotatable bonds is 5. The second-order valence-electron chi connectivity index (χ2n) is 5.99. The summed E-state index contributed by atoms with van der Waals surface area (Å²) in [5.41, 5.74) is 1.37. The first-order chi connectivity index (χ1) is 11.9. The van der Waals surface area contributed by atoms with Crippen LogP contribution in [0.4, 0.5) is 5.69 Å². The first-order valence-electron chi connectivity index (χ1n) is 7.93. The molecule has 0 aliphatic heterocycles. The number of benzene rings is 2. The standard InChI is InChI=1S/C18H18N2O3S2/c21-17(14-6-7-14)20-18(24)19-15-8-10-16(11-9-15)25(22,23)12-13-4-2-1-3-5-13/h1-5,8-11,14H,6-7,12H2,(H2,19,20,21,24). The van der Waals surface area contributed by atoms with Gasteiger partial charge in [-0.25, -0.2) is 8.42 Å². The lowest BCUT2D eigenvalue weighted by molar-refractivity contribution is -0.120. The van der Waals surface area contributed by atoms with Gasteiger partial charge in [0.1, 0.15) is 0 Å². The summed E-state index contributed by atoms with van der Waals surface area (Å²) < 4.78 is 24.9. The van der Waals surface area contributed by atoms with Gasteiger partial charge in [-0.2, -0.15) is 0 Å². The Kier molecular flexibility index (Phi) is 5.15. The van der Waals surface area contributed by atoms with Crippen LogP contribution in [0.15, 0.2) is 59.5 Å². The van der Waals surface area contributed by atoms with Crippen molar-refractivity contribution in [3.8, 4) is 0 Å². The van der Waals surface area contributed by atoms with E-state index in [1.807, 2.05) is 18.2 Å². The van der Waals surface area contributed by atoms with Gasteiger partial charge in [0.2, 0.25) is 5.91 Å². The molecule has 7 heteroatoms. The van der Waals surface area contributed by atoms with Crippen molar-refractivity contribution >= 4 is 38.8 Å². The number of sulfone groups is 1. The Labute approximate surface area is 152 Å². The van der Waals surface area contributed by atoms with Gasteiger partial charge in [0, 0.05) is 11.6 Å². The predicted molar refractivity (Wildman–Crippen MR) is 101 cm³/mol. The lowest BCUT2D eigenvalue weighted by Gasteiger charge is -2.10. The molecule has 0 spiro atoms. The summed E-state index contributed by atoms with van der Waals surface area (Å²) in [6.45, 7) is 0. The SMILES string of the molecule is O=C(NC(=S)Nc1ccc(S(=O)(=O)Cc2ccccc2)cc1)C1CC1. The molecule has 1 aliphatic carbocycles. The molecular weight excluding hydrogens is 356 g/mol. The normalized spacial score (nSPS) is 13.9. The van der Waals surface area contributed by atoms with E-state index in [0.717, 1.165) is 18.4 Å². The molecule has 0 radical (unpaired) electrons. The quantitative estimate of drug-likeness (QED) is 0.787. The van der Waals surface area contributed by atoms with Gasteiger partial charge < -0.3 is 10.6 Å². The van der Waals surface area contributed by atoms with E-state index < -0.39 is 9.84 Å². The second-order valence-corrected chi connectivity index (χ2v) is 8.38. The lowest BCUT2D eigenvalue weighted by Crippen LogP contribution is -2.35. The molecule has 2 aromatic rings. The van der Waals surface area contributed by atoms with E-state index in [2.05, 4.69) is 10.6 Å². The molecule has 1 aliphatic rings. The molecule has 2 aromatic carbocycles. The van der Waals surface area contributed by atoms with Crippen LogP contribution in [-0.2, 0) is 20.4 Å². The molecule has 1 amide bonds. The number of hydrogen-bond donors (Lipinski definition) is 2. The highest BCUT2D eigenvalue weighted by atomic mass is 32.2. The topological polar surface area (TPSA) is 75.3 Å². The summed E-state index contributed by atoms with van der Waals surface area (Å²) >= 11 is 5.09. The Bertz CT molecular complexity index is 874. The predicted octanol–water partition coefficient (Wildman–Crippen LogP) is 2.88. The molecule has 1 saturated carbocycles. The van der Waals surface area contributed by atoms with Crippen LogP contribution in [-0.4, -0.2) is 19.4 Å². The molecule has 0 aromatic heterocycles. The number of anilines is 1. The zero-order chi connectivity index (χ0) is 17.9. The molecule has 0 unspecified atom stereocenters.